The van der Waals surface area contributed by atoms with Crippen molar-refractivity contribution in [3.63, 3.8) is 0 Å². The maximum Gasteiger partial charge on any atom is 0.262 e. The number of carbonyl (C=O) groups is 1. The van der Waals surface area contributed by atoms with Crippen molar-refractivity contribution in [2.45, 2.75) is 46.1 Å². The van der Waals surface area contributed by atoms with E-state index in [1.165, 1.54) is 12.0 Å². The molecule has 0 saturated carbocycles. The van der Waals surface area contributed by atoms with Gasteiger partial charge in [-0.25, -0.2) is 0 Å². The van der Waals surface area contributed by atoms with E-state index in [2.05, 4.69) is 37.5 Å². The van der Waals surface area contributed by atoms with Gasteiger partial charge in [0.2, 0.25) is 0 Å². The molecule has 1 aliphatic rings. The smallest absolute Gasteiger partial charge is 0.262 e. The Morgan fingerprint density at radius 1 is 1.33 bits per heavy atom. The lowest BCUT2D eigenvalue weighted by atomic mass is 9.96. The van der Waals surface area contributed by atoms with E-state index in [4.69, 9.17) is 4.74 Å². The Morgan fingerprint density at radius 3 is 2.86 bits per heavy atom. The summed E-state index contributed by atoms with van der Waals surface area (Å²) in [6, 6.07) is 6.43. The second-order valence-corrected chi connectivity index (χ2v) is 6.07. The van der Waals surface area contributed by atoms with Crippen LogP contribution < -0.4 is 15.4 Å². The van der Waals surface area contributed by atoms with E-state index in [0.717, 1.165) is 30.8 Å². The first-order valence-electron chi connectivity index (χ1n) is 7.90. The van der Waals surface area contributed by atoms with Crippen LogP contribution in [0.5, 0.6) is 5.75 Å². The van der Waals surface area contributed by atoms with E-state index in [-0.39, 0.29) is 12.5 Å². The fraction of sp³-hybridized carbons (Fsp3) is 0.588. The lowest BCUT2D eigenvalue weighted by Gasteiger charge is -2.23. The van der Waals surface area contributed by atoms with E-state index >= 15 is 0 Å². The zero-order chi connectivity index (χ0) is 15.2. The van der Waals surface area contributed by atoms with Gasteiger partial charge in [-0.15, -0.1) is 0 Å². The van der Waals surface area contributed by atoms with Gasteiger partial charge >= 0.3 is 0 Å². The molecule has 0 radical (unpaired) electrons. The number of anilines is 1. The summed E-state index contributed by atoms with van der Waals surface area (Å²) in [6.07, 6.45) is 3.40. The summed E-state index contributed by atoms with van der Waals surface area (Å²) in [7, 11) is 0. The Labute approximate surface area is 127 Å². The van der Waals surface area contributed by atoms with E-state index in [9.17, 15) is 4.79 Å². The molecule has 4 heteroatoms. The minimum atomic E-state index is -0.0834. The summed E-state index contributed by atoms with van der Waals surface area (Å²) in [4.78, 5) is 11.4. The zero-order valence-corrected chi connectivity index (χ0v) is 13.2. The van der Waals surface area contributed by atoms with Gasteiger partial charge in [0.15, 0.2) is 6.61 Å². The molecule has 1 aromatic rings. The second-order valence-electron chi connectivity index (χ2n) is 6.07. The van der Waals surface area contributed by atoms with Gasteiger partial charge < -0.3 is 15.4 Å². The van der Waals surface area contributed by atoms with Gasteiger partial charge in [0.1, 0.15) is 5.75 Å². The normalized spacial score (nSPS) is 15.3. The molecule has 2 N–H and O–H groups in total. The van der Waals surface area contributed by atoms with Crippen molar-refractivity contribution >= 4 is 11.6 Å². The van der Waals surface area contributed by atoms with Crippen molar-refractivity contribution in [1.29, 1.82) is 0 Å². The number of ether oxygens (including phenoxy) is 1. The van der Waals surface area contributed by atoms with Crippen molar-refractivity contribution in [3.8, 4) is 5.75 Å². The van der Waals surface area contributed by atoms with E-state index in [1.54, 1.807) is 0 Å². The van der Waals surface area contributed by atoms with Gasteiger partial charge in [0.05, 0.1) is 5.69 Å². The van der Waals surface area contributed by atoms with Gasteiger partial charge in [0, 0.05) is 6.04 Å². The molecule has 1 amide bonds. The van der Waals surface area contributed by atoms with Crippen molar-refractivity contribution in [1.82, 2.24) is 5.32 Å². The molecule has 116 valence electrons. The van der Waals surface area contributed by atoms with Crippen LogP contribution in [0.1, 0.15) is 51.6 Å². The largest absolute Gasteiger partial charge is 0.482 e. The highest BCUT2D eigenvalue weighted by Crippen LogP contribution is 2.32. The summed E-state index contributed by atoms with van der Waals surface area (Å²) in [5.41, 5.74) is 2.00. The first kappa shape index (κ1) is 15.8. The number of fused-ring (bicyclic) bond motifs is 1. The van der Waals surface area contributed by atoms with Gasteiger partial charge in [-0.05, 0) is 49.4 Å². The molecule has 21 heavy (non-hydrogen) atoms. The first-order chi connectivity index (χ1) is 10.1. The van der Waals surface area contributed by atoms with Crippen molar-refractivity contribution in [2.75, 3.05) is 18.5 Å². The SMILES string of the molecule is CCCNC(CCC(C)C)c1ccc2c(c1)NC(=O)CO2. The summed E-state index contributed by atoms with van der Waals surface area (Å²) in [5, 5.41) is 6.49. The molecule has 1 aromatic carbocycles. The quantitative estimate of drug-likeness (QED) is 0.808. The molecule has 0 fully saturated rings. The van der Waals surface area contributed by atoms with E-state index < -0.39 is 0 Å². The van der Waals surface area contributed by atoms with Crippen LogP contribution in [0, 0.1) is 5.92 Å². The molecule has 0 saturated heterocycles. The summed E-state index contributed by atoms with van der Waals surface area (Å²) in [5.74, 6) is 1.37. The minimum absolute atomic E-state index is 0.0834. The molecule has 2 rings (SSSR count). The Hall–Kier alpha value is -1.55. The average molecular weight is 290 g/mol. The molecular weight excluding hydrogens is 264 g/mol. The molecule has 0 aliphatic carbocycles. The molecule has 1 aliphatic heterocycles. The fourth-order valence-corrected chi connectivity index (χ4v) is 2.52. The topological polar surface area (TPSA) is 50.4 Å². The van der Waals surface area contributed by atoms with Crippen LogP contribution in [0.15, 0.2) is 18.2 Å². The van der Waals surface area contributed by atoms with Gasteiger partial charge in [-0.3, -0.25) is 4.79 Å². The lowest BCUT2D eigenvalue weighted by Crippen LogP contribution is -2.26. The highest BCUT2D eigenvalue weighted by Gasteiger charge is 2.19. The van der Waals surface area contributed by atoms with Gasteiger partial charge in [-0.2, -0.15) is 0 Å². The highest BCUT2D eigenvalue weighted by molar-refractivity contribution is 5.95. The lowest BCUT2D eigenvalue weighted by molar-refractivity contribution is -0.118. The zero-order valence-electron chi connectivity index (χ0n) is 13.2. The predicted octanol–water partition coefficient (Wildman–Crippen LogP) is 3.49. The Morgan fingerprint density at radius 2 is 2.14 bits per heavy atom. The molecule has 0 bridgehead atoms. The Bertz CT molecular complexity index is 486. The molecule has 1 heterocycles. The molecular formula is C17H26N2O2. The van der Waals surface area contributed by atoms with Crippen LogP contribution in [0.2, 0.25) is 0 Å². The van der Waals surface area contributed by atoms with Gasteiger partial charge in [-0.1, -0.05) is 26.8 Å². The number of benzene rings is 1. The second kappa shape index (κ2) is 7.46. The third-order valence-corrected chi connectivity index (χ3v) is 3.71. The summed E-state index contributed by atoms with van der Waals surface area (Å²) in [6.45, 7) is 7.78. The van der Waals surface area contributed by atoms with Crippen LogP contribution in [0.3, 0.4) is 0 Å². The van der Waals surface area contributed by atoms with Crippen LogP contribution in [-0.4, -0.2) is 19.1 Å². The molecule has 0 aromatic heterocycles. The maximum absolute atomic E-state index is 11.4. The fourth-order valence-electron chi connectivity index (χ4n) is 2.52. The van der Waals surface area contributed by atoms with Crippen molar-refractivity contribution in [2.24, 2.45) is 5.92 Å². The number of carbonyl (C=O) groups excluding carboxylic acids is 1. The first-order valence-corrected chi connectivity index (χ1v) is 7.90. The third-order valence-electron chi connectivity index (χ3n) is 3.71. The number of hydrogen-bond acceptors (Lipinski definition) is 3. The van der Waals surface area contributed by atoms with Crippen molar-refractivity contribution < 1.29 is 9.53 Å². The van der Waals surface area contributed by atoms with Crippen LogP contribution in [-0.2, 0) is 4.79 Å². The number of rotatable bonds is 7. The number of hydrogen-bond donors (Lipinski definition) is 2. The number of nitrogens with one attached hydrogen (secondary N) is 2. The minimum Gasteiger partial charge on any atom is -0.482 e. The standard InChI is InChI=1S/C17H26N2O2/c1-4-9-18-14(7-5-12(2)3)13-6-8-16-15(10-13)19-17(20)11-21-16/h6,8,10,12,14,18H,4-5,7,9,11H2,1-3H3,(H,19,20). The predicted molar refractivity (Wildman–Crippen MR) is 85.7 cm³/mol. The van der Waals surface area contributed by atoms with Crippen LogP contribution in [0.25, 0.3) is 0 Å². The average Bonchev–Trinajstić information content (AvgIpc) is 2.46. The Balaban J connectivity index is 2.14. The summed E-state index contributed by atoms with van der Waals surface area (Å²) >= 11 is 0. The molecule has 1 atom stereocenters. The summed E-state index contributed by atoms with van der Waals surface area (Å²) < 4.78 is 5.42. The highest BCUT2D eigenvalue weighted by atomic mass is 16.5. The van der Waals surface area contributed by atoms with Crippen LogP contribution >= 0.6 is 0 Å². The number of amides is 1. The third kappa shape index (κ3) is 4.46. The van der Waals surface area contributed by atoms with Crippen molar-refractivity contribution in [3.05, 3.63) is 23.8 Å². The van der Waals surface area contributed by atoms with Crippen LogP contribution in [0.4, 0.5) is 5.69 Å². The monoisotopic (exact) mass is 290 g/mol. The maximum atomic E-state index is 11.4. The Kier molecular flexibility index (Phi) is 5.62. The van der Waals surface area contributed by atoms with E-state index in [0.29, 0.717) is 12.0 Å². The van der Waals surface area contributed by atoms with Gasteiger partial charge in [0.25, 0.3) is 5.91 Å². The van der Waals surface area contributed by atoms with E-state index in [1.807, 2.05) is 12.1 Å². The molecule has 1 unspecified atom stereocenters. The molecule has 0 spiro atoms. The molecule has 4 nitrogen and oxygen atoms in total.